The molecule has 0 aromatic carbocycles. The van der Waals surface area contributed by atoms with Gasteiger partial charge in [-0.15, -0.1) is 0 Å². The highest BCUT2D eigenvalue weighted by Gasteiger charge is 2.41. The Kier molecular flexibility index (Phi) is 16.7. The van der Waals surface area contributed by atoms with Gasteiger partial charge in [0.2, 0.25) is 0 Å². The van der Waals surface area contributed by atoms with Crippen molar-refractivity contribution in [3.63, 3.8) is 0 Å². The van der Waals surface area contributed by atoms with Gasteiger partial charge in [0.05, 0.1) is 0 Å². The Labute approximate surface area is 171 Å². The SMILES string of the molecule is CCC.CCCCCC.CCCCCC/C=C1\CC2CC=CC(C)C2C1=O. The highest BCUT2D eigenvalue weighted by molar-refractivity contribution is 6.00. The summed E-state index contributed by atoms with van der Waals surface area (Å²) in [7, 11) is 0. The molecule has 0 amide bonds. The zero-order valence-electron chi connectivity index (χ0n) is 19.4. The second kappa shape index (κ2) is 17.3. The molecule has 2 aliphatic rings. The molecule has 0 saturated heterocycles. The molecule has 1 heteroatoms. The van der Waals surface area contributed by atoms with Gasteiger partial charge < -0.3 is 0 Å². The quantitative estimate of drug-likeness (QED) is 0.235. The topological polar surface area (TPSA) is 17.1 Å². The van der Waals surface area contributed by atoms with E-state index in [0.717, 1.165) is 24.8 Å². The van der Waals surface area contributed by atoms with Crippen molar-refractivity contribution in [2.24, 2.45) is 17.8 Å². The highest BCUT2D eigenvalue weighted by atomic mass is 16.1. The van der Waals surface area contributed by atoms with E-state index >= 15 is 0 Å². The molecule has 0 spiro atoms. The van der Waals surface area contributed by atoms with Gasteiger partial charge >= 0.3 is 0 Å². The Morgan fingerprint density at radius 3 is 2.00 bits per heavy atom. The Balaban J connectivity index is 0.000000632. The molecule has 0 aromatic rings. The second-order valence-electron chi connectivity index (χ2n) is 8.37. The lowest BCUT2D eigenvalue weighted by molar-refractivity contribution is -0.119. The first-order chi connectivity index (χ1) is 13.1. The number of rotatable bonds is 8. The van der Waals surface area contributed by atoms with Crippen LogP contribution in [0.15, 0.2) is 23.8 Å². The number of carbonyl (C=O) groups excluding carboxylic acids is 1. The van der Waals surface area contributed by atoms with E-state index in [2.05, 4.69) is 59.8 Å². The van der Waals surface area contributed by atoms with Crippen molar-refractivity contribution in [3.8, 4) is 0 Å². The number of ketones is 1. The molecule has 0 bridgehead atoms. The highest BCUT2D eigenvalue weighted by Crippen LogP contribution is 2.42. The minimum absolute atomic E-state index is 0.289. The summed E-state index contributed by atoms with van der Waals surface area (Å²) < 4.78 is 0. The number of carbonyl (C=O) groups is 1. The van der Waals surface area contributed by atoms with Crippen LogP contribution < -0.4 is 0 Å². The molecule has 0 heterocycles. The van der Waals surface area contributed by atoms with Crippen molar-refractivity contribution in [1.29, 1.82) is 0 Å². The lowest BCUT2D eigenvalue weighted by Crippen LogP contribution is -2.24. The molecule has 0 N–H and O–H groups in total. The second-order valence-corrected chi connectivity index (χ2v) is 8.37. The van der Waals surface area contributed by atoms with Gasteiger partial charge in [0.1, 0.15) is 0 Å². The molecule has 2 aliphatic carbocycles. The predicted molar refractivity (Wildman–Crippen MR) is 122 cm³/mol. The fraction of sp³-hybridized carbons (Fsp3) is 0.808. The van der Waals surface area contributed by atoms with Gasteiger partial charge in [-0.1, -0.05) is 111 Å². The number of unbranched alkanes of at least 4 members (excludes halogenated alkanes) is 7. The molecule has 27 heavy (non-hydrogen) atoms. The van der Waals surface area contributed by atoms with Crippen LogP contribution in [0.5, 0.6) is 0 Å². The van der Waals surface area contributed by atoms with Crippen molar-refractivity contribution >= 4 is 5.78 Å². The predicted octanol–water partition coefficient (Wildman–Crippen LogP) is 8.69. The maximum Gasteiger partial charge on any atom is 0.162 e. The summed E-state index contributed by atoms with van der Waals surface area (Å²) in [4.78, 5) is 12.4. The van der Waals surface area contributed by atoms with E-state index in [1.807, 2.05) is 0 Å². The fourth-order valence-corrected chi connectivity index (χ4v) is 3.96. The summed E-state index contributed by atoms with van der Waals surface area (Å²) in [5, 5.41) is 0. The van der Waals surface area contributed by atoms with Crippen LogP contribution in [0.1, 0.15) is 119 Å². The number of allylic oxidation sites excluding steroid dienone is 4. The molecule has 0 radical (unpaired) electrons. The molecule has 0 aromatic heterocycles. The van der Waals surface area contributed by atoms with Gasteiger partial charge in [0.15, 0.2) is 5.78 Å². The summed E-state index contributed by atoms with van der Waals surface area (Å²) in [6.45, 7) is 13.1. The Hall–Kier alpha value is -0.850. The van der Waals surface area contributed by atoms with Crippen LogP contribution in [0.25, 0.3) is 0 Å². The van der Waals surface area contributed by atoms with Crippen LogP contribution in [0.2, 0.25) is 0 Å². The third kappa shape index (κ3) is 10.9. The average Bonchev–Trinajstić information content (AvgIpc) is 2.98. The maximum atomic E-state index is 12.4. The van der Waals surface area contributed by atoms with Crippen LogP contribution in [-0.4, -0.2) is 5.78 Å². The van der Waals surface area contributed by atoms with Crippen LogP contribution in [-0.2, 0) is 4.79 Å². The zero-order chi connectivity index (χ0) is 20.5. The van der Waals surface area contributed by atoms with Crippen molar-refractivity contribution < 1.29 is 4.79 Å². The van der Waals surface area contributed by atoms with Crippen molar-refractivity contribution in [1.82, 2.24) is 0 Å². The van der Waals surface area contributed by atoms with Crippen LogP contribution in [0.3, 0.4) is 0 Å². The normalized spacial score (nSPS) is 24.7. The molecular formula is C26H48O. The Bertz CT molecular complexity index is 414. The van der Waals surface area contributed by atoms with Gasteiger partial charge in [-0.3, -0.25) is 4.79 Å². The first-order valence-electron chi connectivity index (χ1n) is 12.0. The van der Waals surface area contributed by atoms with Gasteiger partial charge in [-0.2, -0.15) is 0 Å². The number of fused-ring (bicyclic) bond motifs is 1. The Morgan fingerprint density at radius 1 is 0.926 bits per heavy atom. The molecule has 1 fully saturated rings. The summed E-state index contributed by atoms with van der Waals surface area (Å²) in [6.07, 6.45) is 21.9. The van der Waals surface area contributed by atoms with Crippen LogP contribution in [0.4, 0.5) is 0 Å². The first-order valence-corrected chi connectivity index (χ1v) is 12.0. The van der Waals surface area contributed by atoms with Gasteiger partial charge in [0, 0.05) is 5.92 Å². The number of hydrogen-bond acceptors (Lipinski definition) is 1. The lowest BCUT2D eigenvalue weighted by Gasteiger charge is -2.24. The molecule has 158 valence electrons. The summed E-state index contributed by atoms with van der Waals surface area (Å²) >= 11 is 0. The van der Waals surface area contributed by atoms with E-state index in [9.17, 15) is 4.79 Å². The van der Waals surface area contributed by atoms with Crippen molar-refractivity contribution in [3.05, 3.63) is 23.8 Å². The minimum Gasteiger partial charge on any atom is -0.294 e. The van der Waals surface area contributed by atoms with Crippen molar-refractivity contribution in [2.75, 3.05) is 0 Å². The van der Waals surface area contributed by atoms with E-state index in [0.29, 0.717) is 17.6 Å². The smallest absolute Gasteiger partial charge is 0.162 e. The standard InChI is InChI=1S/C17H26O.C6H14.C3H8/c1-3-4-5-6-7-10-15-12-14-11-8-9-13(2)16(14)17(15)18;1-3-5-6-4-2;1-3-2/h8-10,13-14,16H,3-7,11-12H2,1-2H3;3-6H2,1-2H3;3H2,1-2H3/b15-10+;;. The number of hydrogen-bond donors (Lipinski definition) is 0. The van der Waals surface area contributed by atoms with E-state index in [1.54, 1.807) is 0 Å². The Morgan fingerprint density at radius 2 is 1.48 bits per heavy atom. The lowest BCUT2D eigenvalue weighted by atomic mass is 9.79. The number of Topliss-reactive ketones (excluding diaryl/α,β-unsaturated/α-hetero) is 1. The van der Waals surface area contributed by atoms with E-state index < -0.39 is 0 Å². The average molecular weight is 377 g/mol. The minimum atomic E-state index is 0.289. The molecule has 2 rings (SSSR count). The monoisotopic (exact) mass is 376 g/mol. The summed E-state index contributed by atoms with van der Waals surface area (Å²) in [5.41, 5.74) is 1.14. The molecular weight excluding hydrogens is 328 g/mol. The summed E-state index contributed by atoms with van der Waals surface area (Å²) in [5.74, 6) is 1.78. The molecule has 0 aliphatic heterocycles. The zero-order valence-corrected chi connectivity index (χ0v) is 19.4. The molecule has 1 saturated carbocycles. The molecule has 3 unspecified atom stereocenters. The fourth-order valence-electron chi connectivity index (χ4n) is 3.96. The van der Waals surface area contributed by atoms with Crippen LogP contribution in [0, 0.1) is 17.8 Å². The van der Waals surface area contributed by atoms with Gasteiger partial charge in [-0.05, 0) is 43.1 Å². The molecule has 3 atom stereocenters. The van der Waals surface area contributed by atoms with Gasteiger partial charge in [0.25, 0.3) is 0 Å². The maximum absolute atomic E-state index is 12.4. The van der Waals surface area contributed by atoms with Crippen LogP contribution >= 0.6 is 0 Å². The van der Waals surface area contributed by atoms with E-state index in [4.69, 9.17) is 0 Å². The van der Waals surface area contributed by atoms with E-state index in [-0.39, 0.29) is 5.92 Å². The third-order valence-electron chi connectivity index (χ3n) is 5.46. The van der Waals surface area contributed by atoms with Crippen molar-refractivity contribution in [2.45, 2.75) is 119 Å². The molecule has 1 nitrogen and oxygen atoms in total. The van der Waals surface area contributed by atoms with E-state index in [1.165, 1.54) is 57.8 Å². The largest absolute Gasteiger partial charge is 0.294 e. The summed E-state index contributed by atoms with van der Waals surface area (Å²) in [6, 6.07) is 0. The third-order valence-corrected chi connectivity index (χ3v) is 5.46. The first kappa shape index (κ1) is 26.1. The van der Waals surface area contributed by atoms with Gasteiger partial charge in [-0.25, -0.2) is 0 Å².